The van der Waals surface area contributed by atoms with Crippen LogP contribution in [0, 0.1) is 0 Å². The standard InChI is InChI=1S/C15H18N2O2/c1-4-11-7-5-6-8-13(11)17-14(15(18)19)9-12(16-17)10(2)3/h5-10H,4H2,1-3H3,(H,18,19). The molecule has 0 spiro atoms. The van der Waals surface area contributed by atoms with Gasteiger partial charge >= 0.3 is 5.97 Å². The van der Waals surface area contributed by atoms with E-state index >= 15 is 0 Å². The molecule has 100 valence electrons. The van der Waals surface area contributed by atoms with Gasteiger partial charge in [0.15, 0.2) is 5.69 Å². The molecular weight excluding hydrogens is 240 g/mol. The summed E-state index contributed by atoms with van der Waals surface area (Å²) in [5.41, 5.74) is 2.94. The van der Waals surface area contributed by atoms with Crippen LogP contribution in [-0.2, 0) is 6.42 Å². The first-order valence-corrected chi connectivity index (χ1v) is 6.46. The van der Waals surface area contributed by atoms with Gasteiger partial charge in [0.05, 0.1) is 11.4 Å². The number of benzene rings is 1. The molecule has 19 heavy (non-hydrogen) atoms. The van der Waals surface area contributed by atoms with E-state index in [9.17, 15) is 9.90 Å². The molecule has 0 bridgehead atoms. The van der Waals surface area contributed by atoms with Gasteiger partial charge in [-0.05, 0) is 30.0 Å². The normalized spacial score (nSPS) is 10.9. The fourth-order valence-corrected chi connectivity index (χ4v) is 2.03. The molecule has 0 saturated carbocycles. The molecule has 2 aromatic rings. The van der Waals surface area contributed by atoms with E-state index in [2.05, 4.69) is 5.10 Å². The zero-order valence-corrected chi connectivity index (χ0v) is 11.4. The minimum atomic E-state index is -0.953. The van der Waals surface area contributed by atoms with E-state index in [-0.39, 0.29) is 11.6 Å². The van der Waals surface area contributed by atoms with Crippen LogP contribution in [0.4, 0.5) is 0 Å². The Labute approximate surface area is 112 Å². The number of rotatable bonds is 4. The highest BCUT2D eigenvalue weighted by Gasteiger charge is 2.18. The maximum absolute atomic E-state index is 11.4. The molecule has 0 aliphatic heterocycles. The van der Waals surface area contributed by atoms with Crippen LogP contribution in [0.5, 0.6) is 0 Å². The lowest BCUT2D eigenvalue weighted by Crippen LogP contribution is -2.09. The van der Waals surface area contributed by atoms with Crippen molar-refractivity contribution in [3.8, 4) is 5.69 Å². The molecule has 2 rings (SSSR count). The number of aromatic nitrogens is 2. The van der Waals surface area contributed by atoms with Crippen molar-refractivity contribution in [1.82, 2.24) is 9.78 Å². The number of carboxylic acid groups (broad SMARTS) is 1. The molecule has 0 amide bonds. The number of para-hydroxylation sites is 1. The Balaban J connectivity index is 2.63. The highest BCUT2D eigenvalue weighted by molar-refractivity contribution is 5.86. The fourth-order valence-electron chi connectivity index (χ4n) is 2.03. The molecule has 0 radical (unpaired) electrons. The predicted octanol–water partition coefficient (Wildman–Crippen LogP) is 3.26. The number of nitrogens with zero attached hydrogens (tertiary/aromatic N) is 2. The summed E-state index contributed by atoms with van der Waals surface area (Å²) in [4.78, 5) is 11.4. The van der Waals surface area contributed by atoms with E-state index < -0.39 is 5.97 Å². The first kappa shape index (κ1) is 13.3. The van der Waals surface area contributed by atoms with Crippen LogP contribution in [0.15, 0.2) is 30.3 Å². The van der Waals surface area contributed by atoms with Gasteiger partial charge in [0, 0.05) is 0 Å². The summed E-state index contributed by atoms with van der Waals surface area (Å²) in [5, 5.41) is 13.8. The second-order valence-corrected chi connectivity index (χ2v) is 4.81. The van der Waals surface area contributed by atoms with Gasteiger partial charge in [0.2, 0.25) is 0 Å². The number of hydrogen-bond acceptors (Lipinski definition) is 2. The van der Waals surface area contributed by atoms with E-state index in [1.165, 1.54) is 4.68 Å². The second kappa shape index (κ2) is 5.26. The summed E-state index contributed by atoms with van der Waals surface area (Å²) in [6.45, 7) is 6.06. The Hall–Kier alpha value is -2.10. The van der Waals surface area contributed by atoms with Crippen LogP contribution in [0.1, 0.15) is 48.4 Å². The minimum Gasteiger partial charge on any atom is -0.477 e. The molecule has 0 aliphatic carbocycles. The van der Waals surface area contributed by atoms with E-state index in [0.717, 1.165) is 23.4 Å². The molecule has 0 atom stereocenters. The first-order chi connectivity index (χ1) is 9.04. The van der Waals surface area contributed by atoms with Gasteiger partial charge in [-0.2, -0.15) is 5.10 Å². The summed E-state index contributed by atoms with van der Waals surface area (Å²) >= 11 is 0. The maximum atomic E-state index is 11.4. The quantitative estimate of drug-likeness (QED) is 0.915. The maximum Gasteiger partial charge on any atom is 0.354 e. The second-order valence-electron chi connectivity index (χ2n) is 4.81. The molecule has 4 heteroatoms. The van der Waals surface area contributed by atoms with Gasteiger partial charge < -0.3 is 5.11 Å². The third-order valence-electron chi connectivity index (χ3n) is 3.14. The van der Waals surface area contributed by atoms with Gasteiger partial charge in [0.25, 0.3) is 0 Å². The lowest BCUT2D eigenvalue weighted by Gasteiger charge is -2.09. The minimum absolute atomic E-state index is 0.202. The number of carboxylic acids is 1. The average Bonchev–Trinajstić information content (AvgIpc) is 2.83. The molecule has 0 fully saturated rings. The fraction of sp³-hybridized carbons (Fsp3) is 0.333. The van der Waals surface area contributed by atoms with Gasteiger partial charge in [-0.25, -0.2) is 9.48 Å². The van der Waals surface area contributed by atoms with Crippen molar-refractivity contribution in [1.29, 1.82) is 0 Å². The van der Waals surface area contributed by atoms with Crippen molar-refractivity contribution in [2.24, 2.45) is 0 Å². The summed E-state index contributed by atoms with van der Waals surface area (Å²) < 4.78 is 1.54. The average molecular weight is 258 g/mol. The molecule has 1 heterocycles. The lowest BCUT2D eigenvalue weighted by molar-refractivity contribution is 0.0687. The summed E-state index contributed by atoms with van der Waals surface area (Å²) in [5.74, 6) is -0.751. The smallest absolute Gasteiger partial charge is 0.354 e. The molecule has 1 aromatic heterocycles. The van der Waals surface area contributed by atoms with Crippen LogP contribution in [-0.4, -0.2) is 20.9 Å². The van der Waals surface area contributed by atoms with Crippen molar-refractivity contribution < 1.29 is 9.90 Å². The van der Waals surface area contributed by atoms with Crippen LogP contribution < -0.4 is 0 Å². The Bertz CT molecular complexity index is 600. The Morgan fingerprint density at radius 3 is 2.63 bits per heavy atom. The van der Waals surface area contributed by atoms with E-state index in [1.807, 2.05) is 45.0 Å². The molecule has 4 nitrogen and oxygen atoms in total. The zero-order chi connectivity index (χ0) is 14.0. The molecular formula is C15H18N2O2. The van der Waals surface area contributed by atoms with Gasteiger partial charge in [-0.15, -0.1) is 0 Å². The van der Waals surface area contributed by atoms with Crippen LogP contribution in [0.25, 0.3) is 5.69 Å². The van der Waals surface area contributed by atoms with E-state index in [4.69, 9.17) is 0 Å². The van der Waals surface area contributed by atoms with Crippen molar-refractivity contribution in [2.75, 3.05) is 0 Å². The first-order valence-electron chi connectivity index (χ1n) is 6.46. The monoisotopic (exact) mass is 258 g/mol. The summed E-state index contributed by atoms with van der Waals surface area (Å²) in [6, 6.07) is 9.41. The van der Waals surface area contributed by atoms with Gasteiger partial charge in [-0.1, -0.05) is 39.0 Å². The van der Waals surface area contributed by atoms with Crippen LogP contribution in [0.2, 0.25) is 0 Å². The number of carbonyl (C=O) groups is 1. The third-order valence-corrected chi connectivity index (χ3v) is 3.14. The molecule has 1 aromatic carbocycles. The Morgan fingerprint density at radius 1 is 1.37 bits per heavy atom. The van der Waals surface area contributed by atoms with Crippen molar-refractivity contribution in [3.05, 3.63) is 47.3 Å². The summed E-state index contributed by atoms with van der Waals surface area (Å²) in [6.07, 6.45) is 0.839. The molecule has 0 aliphatic rings. The van der Waals surface area contributed by atoms with Crippen LogP contribution in [0.3, 0.4) is 0 Å². The largest absolute Gasteiger partial charge is 0.477 e. The van der Waals surface area contributed by atoms with E-state index in [0.29, 0.717) is 0 Å². The Kier molecular flexibility index (Phi) is 3.69. The van der Waals surface area contributed by atoms with Gasteiger partial charge in [0.1, 0.15) is 0 Å². The zero-order valence-electron chi connectivity index (χ0n) is 11.4. The number of hydrogen-bond donors (Lipinski definition) is 1. The van der Waals surface area contributed by atoms with Crippen molar-refractivity contribution in [2.45, 2.75) is 33.1 Å². The van der Waals surface area contributed by atoms with Gasteiger partial charge in [-0.3, -0.25) is 0 Å². The predicted molar refractivity (Wildman–Crippen MR) is 74.0 cm³/mol. The SMILES string of the molecule is CCc1ccccc1-n1nc(C(C)C)cc1C(=O)O. The molecule has 0 saturated heterocycles. The molecule has 0 unspecified atom stereocenters. The molecule has 1 N–H and O–H groups in total. The Morgan fingerprint density at radius 2 is 2.05 bits per heavy atom. The highest BCUT2D eigenvalue weighted by Crippen LogP contribution is 2.21. The van der Waals surface area contributed by atoms with Crippen LogP contribution >= 0.6 is 0 Å². The third kappa shape index (κ3) is 2.52. The number of aryl methyl sites for hydroxylation is 1. The number of aromatic carboxylic acids is 1. The van der Waals surface area contributed by atoms with Crippen molar-refractivity contribution >= 4 is 5.97 Å². The highest BCUT2D eigenvalue weighted by atomic mass is 16.4. The van der Waals surface area contributed by atoms with Crippen molar-refractivity contribution in [3.63, 3.8) is 0 Å². The summed E-state index contributed by atoms with van der Waals surface area (Å²) in [7, 11) is 0. The topological polar surface area (TPSA) is 55.1 Å². The van der Waals surface area contributed by atoms with E-state index in [1.54, 1.807) is 6.07 Å². The lowest BCUT2D eigenvalue weighted by atomic mass is 10.1.